The van der Waals surface area contributed by atoms with Crippen LogP contribution >= 0.6 is 0 Å². The van der Waals surface area contributed by atoms with E-state index in [9.17, 15) is 4.79 Å². The van der Waals surface area contributed by atoms with E-state index in [0.717, 1.165) is 53.5 Å². The predicted octanol–water partition coefficient (Wildman–Crippen LogP) is 4.59. The van der Waals surface area contributed by atoms with Crippen LogP contribution in [0.5, 0.6) is 0 Å². The molecular formula is C26H30N4O. The Labute approximate surface area is 184 Å². The van der Waals surface area contributed by atoms with Gasteiger partial charge in [-0.15, -0.1) is 0 Å². The van der Waals surface area contributed by atoms with Crippen LogP contribution in [0.15, 0.2) is 48.5 Å². The summed E-state index contributed by atoms with van der Waals surface area (Å²) in [5.74, 6) is 1.85. The van der Waals surface area contributed by atoms with Crippen molar-refractivity contribution in [3.8, 4) is 11.4 Å². The number of hydrogen-bond donors (Lipinski definition) is 0. The summed E-state index contributed by atoms with van der Waals surface area (Å²) in [5.41, 5.74) is 6.35. The van der Waals surface area contributed by atoms with Gasteiger partial charge in [0.05, 0.1) is 0 Å². The number of aryl methyl sites for hydroxylation is 3. The molecule has 0 bridgehead atoms. The normalized spacial score (nSPS) is 14.1. The molecule has 3 aromatic rings. The molecule has 5 nitrogen and oxygen atoms in total. The smallest absolute Gasteiger partial charge is 0.253 e. The van der Waals surface area contributed by atoms with Crippen LogP contribution in [0.4, 0.5) is 5.82 Å². The van der Waals surface area contributed by atoms with Crippen LogP contribution in [0.3, 0.4) is 0 Å². The van der Waals surface area contributed by atoms with E-state index >= 15 is 0 Å². The molecule has 2 heterocycles. The predicted molar refractivity (Wildman–Crippen MR) is 126 cm³/mol. The monoisotopic (exact) mass is 414 g/mol. The SMILES string of the molecule is CCc1ccc(C(=O)N2CCN(c3nc(-c4cccc(C)c4)nc(C)c3C)CC2)cc1. The molecule has 1 saturated heterocycles. The minimum atomic E-state index is 0.110. The molecule has 1 aromatic heterocycles. The largest absolute Gasteiger partial charge is 0.353 e. The molecule has 0 spiro atoms. The van der Waals surface area contributed by atoms with Crippen LogP contribution in [-0.4, -0.2) is 47.0 Å². The first-order valence-corrected chi connectivity index (χ1v) is 11.0. The summed E-state index contributed by atoms with van der Waals surface area (Å²) in [6.07, 6.45) is 0.982. The Hall–Kier alpha value is -3.21. The Balaban J connectivity index is 1.51. The number of piperazine rings is 1. The standard InChI is InChI=1S/C26H30N4O/c1-5-21-9-11-22(12-10-21)26(31)30-15-13-29(14-16-30)25-19(3)20(4)27-24(28-25)23-8-6-7-18(2)17-23/h6-12,17H,5,13-16H2,1-4H3. The van der Waals surface area contributed by atoms with Crippen molar-refractivity contribution in [2.75, 3.05) is 31.1 Å². The summed E-state index contributed by atoms with van der Waals surface area (Å²) in [6.45, 7) is 11.2. The fourth-order valence-corrected chi connectivity index (χ4v) is 4.02. The van der Waals surface area contributed by atoms with Crippen molar-refractivity contribution in [2.45, 2.75) is 34.1 Å². The van der Waals surface area contributed by atoms with Crippen LogP contribution in [0.1, 0.15) is 39.7 Å². The average molecular weight is 415 g/mol. The van der Waals surface area contributed by atoms with Crippen LogP contribution in [0.2, 0.25) is 0 Å². The second kappa shape index (κ2) is 8.88. The molecule has 2 aromatic carbocycles. The zero-order valence-electron chi connectivity index (χ0n) is 18.9. The summed E-state index contributed by atoms with van der Waals surface area (Å²) in [4.78, 5) is 26.8. The third-order valence-corrected chi connectivity index (χ3v) is 6.12. The maximum Gasteiger partial charge on any atom is 0.253 e. The highest BCUT2D eigenvalue weighted by Crippen LogP contribution is 2.26. The first kappa shape index (κ1) is 21.0. The minimum absolute atomic E-state index is 0.110. The number of nitrogens with zero attached hydrogens (tertiary/aromatic N) is 4. The number of aromatic nitrogens is 2. The van der Waals surface area contributed by atoms with Gasteiger partial charge in [0.15, 0.2) is 5.82 Å². The fourth-order valence-electron chi connectivity index (χ4n) is 4.02. The number of carbonyl (C=O) groups is 1. The van der Waals surface area contributed by atoms with Gasteiger partial charge >= 0.3 is 0 Å². The van der Waals surface area contributed by atoms with E-state index in [1.807, 2.05) is 42.2 Å². The summed E-state index contributed by atoms with van der Waals surface area (Å²) in [6, 6.07) is 16.3. The van der Waals surface area contributed by atoms with Gasteiger partial charge in [-0.2, -0.15) is 0 Å². The van der Waals surface area contributed by atoms with Crippen molar-refractivity contribution in [1.29, 1.82) is 0 Å². The van der Waals surface area contributed by atoms with Gasteiger partial charge in [-0.1, -0.05) is 42.8 Å². The summed E-state index contributed by atoms with van der Waals surface area (Å²) < 4.78 is 0. The molecule has 31 heavy (non-hydrogen) atoms. The molecule has 0 N–H and O–H groups in total. The Morgan fingerprint density at radius 1 is 0.935 bits per heavy atom. The Bertz CT molecular complexity index is 1080. The van der Waals surface area contributed by atoms with E-state index in [1.165, 1.54) is 11.1 Å². The Kier molecular flexibility index (Phi) is 6.03. The van der Waals surface area contributed by atoms with Crippen molar-refractivity contribution in [2.24, 2.45) is 0 Å². The van der Waals surface area contributed by atoms with Gasteiger partial charge in [0.1, 0.15) is 5.82 Å². The lowest BCUT2D eigenvalue weighted by Gasteiger charge is -2.36. The molecule has 5 heteroatoms. The maximum atomic E-state index is 12.9. The molecule has 0 unspecified atom stereocenters. The van der Waals surface area contributed by atoms with Crippen molar-refractivity contribution in [3.05, 3.63) is 76.5 Å². The van der Waals surface area contributed by atoms with E-state index in [4.69, 9.17) is 9.97 Å². The van der Waals surface area contributed by atoms with E-state index < -0.39 is 0 Å². The summed E-state index contributed by atoms with van der Waals surface area (Å²) in [5, 5.41) is 0. The zero-order valence-corrected chi connectivity index (χ0v) is 18.9. The lowest BCUT2D eigenvalue weighted by molar-refractivity contribution is 0.0746. The van der Waals surface area contributed by atoms with Crippen molar-refractivity contribution in [3.63, 3.8) is 0 Å². The molecule has 0 atom stereocenters. The molecule has 160 valence electrons. The first-order chi connectivity index (χ1) is 15.0. The lowest BCUT2D eigenvalue weighted by Crippen LogP contribution is -2.49. The second-order valence-corrected chi connectivity index (χ2v) is 8.28. The van der Waals surface area contributed by atoms with Gasteiger partial charge in [0.2, 0.25) is 0 Å². The van der Waals surface area contributed by atoms with E-state index in [1.54, 1.807) is 0 Å². The quantitative estimate of drug-likeness (QED) is 0.626. The van der Waals surface area contributed by atoms with Crippen molar-refractivity contribution >= 4 is 11.7 Å². The number of rotatable bonds is 4. The first-order valence-electron chi connectivity index (χ1n) is 11.0. The molecule has 1 aliphatic heterocycles. The van der Waals surface area contributed by atoms with Gasteiger partial charge < -0.3 is 9.80 Å². The Morgan fingerprint density at radius 3 is 2.29 bits per heavy atom. The van der Waals surface area contributed by atoms with Gasteiger partial charge in [0.25, 0.3) is 5.91 Å². The van der Waals surface area contributed by atoms with E-state index in [2.05, 4.69) is 43.9 Å². The third kappa shape index (κ3) is 4.46. The van der Waals surface area contributed by atoms with Gasteiger partial charge in [-0.25, -0.2) is 9.97 Å². The van der Waals surface area contributed by atoms with Gasteiger partial charge in [-0.05, 0) is 51.0 Å². The van der Waals surface area contributed by atoms with E-state index in [0.29, 0.717) is 13.1 Å². The maximum absolute atomic E-state index is 12.9. The zero-order chi connectivity index (χ0) is 22.0. The highest BCUT2D eigenvalue weighted by Gasteiger charge is 2.25. The van der Waals surface area contributed by atoms with Crippen LogP contribution < -0.4 is 4.90 Å². The van der Waals surface area contributed by atoms with Crippen LogP contribution in [0.25, 0.3) is 11.4 Å². The number of benzene rings is 2. The second-order valence-electron chi connectivity index (χ2n) is 8.28. The molecule has 0 radical (unpaired) electrons. The van der Waals surface area contributed by atoms with Gasteiger partial charge in [0, 0.05) is 48.6 Å². The van der Waals surface area contributed by atoms with Crippen molar-refractivity contribution in [1.82, 2.24) is 14.9 Å². The molecule has 0 saturated carbocycles. The molecule has 1 amide bonds. The van der Waals surface area contributed by atoms with Crippen LogP contribution in [-0.2, 0) is 6.42 Å². The molecule has 1 fully saturated rings. The molecule has 4 rings (SSSR count). The number of amides is 1. The Morgan fingerprint density at radius 2 is 1.65 bits per heavy atom. The van der Waals surface area contributed by atoms with E-state index in [-0.39, 0.29) is 5.91 Å². The van der Waals surface area contributed by atoms with Gasteiger partial charge in [-0.3, -0.25) is 4.79 Å². The van der Waals surface area contributed by atoms with Crippen LogP contribution in [0, 0.1) is 20.8 Å². The molecular weight excluding hydrogens is 384 g/mol. The highest BCUT2D eigenvalue weighted by atomic mass is 16.2. The molecule has 0 aliphatic carbocycles. The topological polar surface area (TPSA) is 49.3 Å². The number of carbonyl (C=O) groups excluding carboxylic acids is 1. The summed E-state index contributed by atoms with van der Waals surface area (Å²) >= 11 is 0. The number of hydrogen-bond acceptors (Lipinski definition) is 4. The third-order valence-electron chi connectivity index (χ3n) is 6.12. The molecule has 1 aliphatic rings. The number of anilines is 1. The fraction of sp³-hybridized carbons (Fsp3) is 0.346. The summed E-state index contributed by atoms with van der Waals surface area (Å²) in [7, 11) is 0. The highest BCUT2D eigenvalue weighted by molar-refractivity contribution is 5.94. The minimum Gasteiger partial charge on any atom is -0.353 e. The lowest BCUT2D eigenvalue weighted by atomic mass is 10.1. The van der Waals surface area contributed by atoms with Crippen molar-refractivity contribution < 1.29 is 4.79 Å². The average Bonchev–Trinajstić information content (AvgIpc) is 2.80.